The molecule has 2 atom stereocenters. The lowest BCUT2D eigenvalue weighted by Crippen LogP contribution is -2.57. The number of halogens is 3. The van der Waals surface area contributed by atoms with Gasteiger partial charge in [0.15, 0.2) is 11.5 Å². The Kier molecular flexibility index (Phi) is 6.33. The van der Waals surface area contributed by atoms with Crippen LogP contribution in [0.4, 0.5) is 13.2 Å². The Bertz CT molecular complexity index is 962. The van der Waals surface area contributed by atoms with Gasteiger partial charge in [0.2, 0.25) is 0 Å². The van der Waals surface area contributed by atoms with Crippen LogP contribution in [0.3, 0.4) is 0 Å². The minimum absolute atomic E-state index is 0.216. The summed E-state index contributed by atoms with van der Waals surface area (Å²) in [6.45, 7) is 1.83. The van der Waals surface area contributed by atoms with Gasteiger partial charge in [-0.15, -0.1) is 0 Å². The highest BCUT2D eigenvalue weighted by Gasteiger charge is 2.37. The number of methoxy groups -OCH3 is 2. The van der Waals surface area contributed by atoms with E-state index in [1.54, 1.807) is 19.1 Å². The van der Waals surface area contributed by atoms with Crippen LogP contribution in [0.2, 0.25) is 0 Å². The zero-order valence-electron chi connectivity index (χ0n) is 18.2. The van der Waals surface area contributed by atoms with Crippen molar-refractivity contribution in [3.63, 3.8) is 0 Å². The zero-order valence-corrected chi connectivity index (χ0v) is 18.2. The van der Waals surface area contributed by atoms with Gasteiger partial charge < -0.3 is 14.4 Å². The molecule has 2 fully saturated rings. The first kappa shape index (κ1) is 22.5. The van der Waals surface area contributed by atoms with E-state index >= 15 is 0 Å². The third-order valence-corrected chi connectivity index (χ3v) is 6.48. The van der Waals surface area contributed by atoms with Crippen molar-refractivity contribution < 1.29 is 27.4 Å². The Labute approximate surface area is 185 Å². The van der Waals surface area contributed by atoms with Gasteiger partial charge in [-0.1, -0.05) is 6.07 Å². The molecule has 4 rings (SSSR count). The maximum atomic E-state index is 12.9. The topological polar surface area (TPSA) is 42.0 Å². The van der Waals surface area contributed by atoms with E-state index in [1.807, 2.05) is 12.1 Å². The van der Waals surface area contributed by atoms with Crippen molar-refractivity contribution in [3.05, 3.63) is 59.2 Å². The molecule has 2 heterocycles. The molecule has 1 amide bonds. The lowest BCUT2D eigenvalue weighted by molar-refractivity contribution is -0.137. The summed E-state index contributed by atoms with van der Waals surface area (Å²) in [5.74, 6) is 1.17. The number of piperidine rings is 1. The van der Waals surface area contributed by atoms with Gasteiger partial charge in [0.25, 0.3) is 5.91 Å². The fraction of sp³-hybridized carbons (Fsp3) is 0.458. The Morgan fingerprint density at radius 1 is 0.969 bits per heavy atom. The van der Waals surface area contributed by atoms with Gasteiger partial charge in [-0.05, 0) is 61.2 Å². The molecule has 2 aromatic rings. The van der Waals surface area contributed by atoms with Gasteiger partial charge in [0.05, 0.1) is 19.8 Å². The molecule has 0 unspecified atom stereocenters. The molecule has 0 N–H and O–H groups in total. The molecule has 172 valence electrons. The second-order valence-electron chi connectivity index (χ2n) is 8.28. The molecule has 0 aromatic heterocycles. The molecule has 2 aliphatic rings. The standard InChI is InChI=1S/C24H27F3N2O3/c1-31-21-11-8-17(14-22(21)32-2)20-5-3-4-19-15-28(12-13-29(19)20)23(30)16-6-9-18(10-7-16)24(25,26)27/h6-11,14,19-20H,3-5,12-13,15H2,1-2H3/t19-,20-/m0/s1. The van der Waals surface area contributed by atoms with E-state index in [0.717, 1.165) is 43.5 Å². The van der Waals surface area contributed by atoms with Crippen LogP contribution >= 0.6 is 0 Å². The molecule has 0 spiro atoms. The third kappa shape index (κ3) is 4.41. The lowest BCUT2D eigenvalue weighted by atomic mass is 9.89. The number of amides is 1. The van der Waals surface area contributed by atoms with E-state index < -0.39 is 11.7 Å². The maximum Gasteiger partial charge on any atom is 0.416 e. The summed E-state index contributed by atoms with van der Waals surface area (Å²) in [7, 11) is 3.23. The SMILES string of the molecule is COc1ccc([C@@H]2CCC[C@H]3CN(C(=O)c4ccc(C(F)(F)F)cc4)CCN32)cc1OC. The molecular weight excluding hydrogens is 421 g/mol. The van der Waals surface area contributed by atoms with E-state index in [2.05, 4.69) is 11.0 Å². The van der Waals surface area contributed by atoms with Crippen molar-refractivity contribution in [2.45, 2.75) is 37.5 Å². The number of alkyl halides is 3. The number of nitrogens with zero attached hydrogens (tertiary/aromatic N) is 2. The average Bonchev–Trinajstić information content (AvgIpc) is 2.82. The summed E-state index contributed by atoms with van der Waals surface area (Å²) in [5, 5.41) is 0. The van der Waals surface area contributed by atoms with Crippen LogP contribution in [0, 0.1) is 0 Å². The minimum Gasteiger partial charge on any atom is -0.493 e. The number of carbonyl (C=O) groups excluding carboxylic acids is 1. The Hall–Kier alpha value is -2.74. The minimum atomic E-state index is -4.41. The van der Waals surface area contributed by atoms with Gasteiger partial charge in [0, 0.05) is 37.3 Å². The number of rotatable bonds is 4. The van der Waals surface area contributed by atoms with Gasteiger partial charge in [-0.3, -0.25) is 9.69 Å². The number of fused-ring (bicyclic) bond motifs is 1. The van der Waals surface area contributed by atoms with Crippen LogP contribution in [-0.4, -0.2) is 55.6 Å². The highest BCUT2D eigenvalue weighted by Crippen LogP contribution is 2.39. The molecule has 2 saturated heterocycles. The summed E-state index contributed by atoms with van der Waals surface area (Å²) >= 11 is 0. The number of hydrogen-bond acceptors (Lipinski definition) is 4. The third-order valence-electron chi connectivity index (χ3n) is 6.48. The van der Waals surface area contributed by atoms with Gasteiger partial charge in [-0.2, -0.15) is 13.2 Å². The largest absolute Gasteiger partial charge is 0.493 e. The van der Waals surface area contributed by atoms with E-state index in [0.29, 0.717) is 30.2 Å². The monoisotopic (exact) mass is 448 g/mol. The van der Waals surface area contributed by atoms with Crippen LogP contribution in [0.25, 0.3) is 0 Å². The number of carbonyl (C=O) groups is 1. The number of piperazine rings is 1. The quantitative estimate of drug-likeness (QED) is 0.676. The molecule has 8 heteroatoms. The van der Waals surface area contributed by atoms with Crippen molar-refractivity contribution >= 4 is 5.91 Å². The highest BCUT2D eigenvalue weighted by atomic mass is 19.4. The number of benzene rings is 2. The summed E-state index contributed by atoms with van der Waals surface area (Å²) in [6, 6.07) is 10.9. The Morgan fingerprint density at radius 2 is 1.69 bits per heavy atom. The predicted octanol–water partition coefficient (Wildman–Crippen LogP) is 4.77. The molecule has 2 aliphatic heterocycles. The van der Waals surface area contributed by atoms with Crippen molar-refractivity contribution in [3.8, 4) is 11.5 Å². The van der Waals surface area contributed by atoms with E-state index in [9.17, 15) is 18.0 Å². The molecule has 0 saturated carbocycles. The van der Waals surface area contributed by atoms with Crippen LogP contribution in [-0.2, 0) is 6.18 Å². The summed E-state index contributed by atoms with van der Waals surface area (Å²) in [5.41, 5.74) is 0.706. The normalized spacial score (nSPS) is 21.7. The zero-order chi connectivity index (χ0) is 22.9. The molecule has 0 bridgehead atoms. The van der Waals surface area contributed by atoms with Crippen molar-refractivity contribution in [1.29, 1.82) is 0 Å². The number of hydrogen-bond donors (Lipinski definition) is 0. The van der Waals surface area contributed by atoms with Gasteiger partial charge in [0.1, 0.15) is 0 Å². The number of ether oxygens (including phenoxy) is 2. The van der Waals surface area contributed by atoms with Crippen LogP contribution in [0.15, 0.2) is 42.5 Å². The smallest absolute Gasteiger partial charge is 0.416 e. The molecular formula is C24H27F3N2O3. The highest BCUT2D eigenvalue weighted by molar-refractivity contribution is 5.94. The predicted molar refractivity (Wildman–Crippen MR) is 114 cm³/mol. The summed E-state index contributed by atoms with van der Waals surface area (Å²) in [6.07, 6.45) is -1.35. The Balaban J connectivity index is 1.47. The first-order valence-corrected chi connectivity index (χ1v) is 10.8. The van der Waals surface area contributed by atoms with Crippen LogP contribution in [0.1, 0.15) is 46.8 Å². The van der Waals surface area contributed by atoms with Crippen molar-refractivity contribution in [1.82, 2.24) is 9.80 Å². The van der Waals surface area contributed by atoms with Crippen LogP contribution < -0.4 is 9.47 Å². The first-order chi connectivity index (χ1) is 15.3. The molecule has 32 heavy (non-hydrogen) atoms. The van der Waals surface area contributed by atoms with Crippen LogP contribution in [0.5, 0.6) is 11.5 Å². The average molecular weight is 448 g/mol. The second-order valence-corrected chi connectivity index (χ2v) is 8.28. The second kappa shape index (κ2) is 9.02. The molecule has 0 radical (unpaired) electrons. The summed E-state index contributed by atoms with van der Waals surface area (Å²) < 4.78 is 49.2. The molecule has 2 aromatic carbocycles. The van der Waals surface area contributed by atoms with Gasteiger partial charge >= 0.3 is 6.18 Å². The lowest BCUT2D eigenvalue weighted by Gasteiger charge is -2.48. The van der Waals surface area contributed by atoms with E-state index in [-0.39, 0.29) is 18.0 Å². The fourth-order valence-electron chi connectivity index (χ4n) is 4.84. The Morgan fingerprint density at radius 3 is 2.34 bits per heavy atom. The molecule has 5 nitrogen and oxygen atoms in total. The summed E-state index contributed by atoms with van der Waals surface area (Å²) in [4.78, 5) is 17.1. The van der Waals surface area contributed by atoms with Crippen molar-refractivity contribution in [2.75, 3.05) is 33.9 Å². The van der Waals surface area contributed by atoms with E-state index in [1.165, 1.54) is 12.1 Å². The van der Waals surface area contributed by atoms with Crippen molar-refractivity contribution in [2.24, 2.45) is 0 Å². The molecule has 0 aliphatic carbocycles. The van der Waals surface area contributed by atoms with Gasteiger partial charge in [-0.25, -0.2) is 0 Å². The fourth-order valence-corrected chi connectivity index (χ4v) is 4.84. The first-order valence-electron chi connectivity index (χ1n) is 10.8. The maximum absolute atomic E-state index is 12.9. The van der Waals surface area contributed by atoms with E-state index in [4.69, 9.17) is 9.47 Å².